The molecule has 5 heteroatoms. The number of amides is 2. The Hall–Kier alpha value is -1.88. The van der Waals surface area contributed by atoms with Crippen LogP contribution in [0.25, 0.3) is 0 Å². The number of likely N-dealkylation sites (tertiary alicyclic amines) is 1. The third-order valence-electron chi connectivity index (χ3n) is 5.28. The summed E-state index contributed by atoms with van der Waals surface area (Å²) < 4.78 is 0. The highest BCUT2D eigenvalue weighted by molar-refractivity contribution is 5.87. The van der Waals surface area contributed by atoms with Gasteiger partial charge in [-0.1, -0.05) is 30.3 Å². The number of piperazine rings is 1. The van der Waals surface area contributed by atoms with Gasteiger partial charge in [0.25, 0.3) is 0 Å². The fraction of sp³-hybridized carbons (Fsp3) is 0.579. The van der Waals surface area contributed by atoms with Crippen LogP contribution in [0.3, 0.4) is 0 Å². The summed E-state index contributed by atoms with van der Waals surface area (Å²) in [6.45, 7) is 7.42. The van der Waals surface area contributed by atoms with Crippen LogP contribution in [0.1, 0.15) is 32.3 Å². The van der Waals surface area contributed by atoms with Gasteiger partial charge in [0.05, 0.1) is 12.0 Å². The molecule has 130 valence electrons. The summed E-state index contributed by atoms with van der Waals surface area (Å²) in [4.78, 5) is 29.2. The maximum absolute atomic E-state index is 13.1. The van der Waals surface area contributed by atoms with E-state index in [-0.39, 0.29) is 17.9 Å². The van der Waals surface area contributed by atoms with Crippen LogP contribution in [0.5, 0.6) is 0 Å². The number of carbonyl (C=O) groups excluding carboxylic acids is 2. The zero-order valence-electron chi connectivity index (χ0n) is 14.6. The Labute approximate surface area is 144 Å². The van der Waals surface area contributed by atoms with Gasteiger partial charge in [0, 0.05) is 32.2 Å². The van der Waals surface area contributed by atoms with Gasteiger partial charge in [-0.05, 0) is 32.3 Å². The van der Waals surface area contributed by atoms with Crippen molar-refractivity contribution in [1.82, 2.24) is 15.1 Å². The summed E-state index contributed by atoms with van der Waals surface area (Å²) in [5.74, 6) is 0.309. The maximum atomic E-state index is 13.1. The van der Waals surface area contributed by atoms with E-state index in [0.29, 0.717) is 13.1 Å². The minimum Gasteiger partial charge on any atom is -0.340 e. The zero-order valence-corrected chi connectivity index (χ0v) is 14.6. The number of hydrogen-bond donors (Lipinski definition) is 1. The largest absolute Gasteiger partial charge is 0.340 e. The van der Waals surface area contributed by atoms with Crippen LogP contribution in [0.4, 0.5) is 0 Å². The highest BCUT2D eigenvalue weighted by Crippen LogP contribution is 2.28. The molecule has 0 aliphatic carbocycles. The molecule has 2 aliphatic heterocycles. The molecule has 0 bridgehead atoms. The van der Waals surface area contributed by atoms with Crippen molar-refractivity contribution in [2.45, 2.75) is 38.1 Å². The van der Waals surface area contributed by atoms with Crippen molar-refractivity contribution in [3.05, 3.63) is 35.9 Å². The van der Waals surface area contributed by atoms with Gasteiger partial charge in [-0.25, -0.2) is 0 Å². The summed E-state index contributed by atoms with van der Waals surface area (Å²) in [6.07, 6.45) is 1.94. The molecule has 1 aromatic rings. The van der Waals surface area contributed by atoms with Gasteiger partial charge in [-0.3, -0.25) is 9.59 Å². The summed E-state index contributed by atoms with van der Waals surface area (Å²) in [5, 5.41) is 3.11. The molecule has 5 nitrogen and oxygen atoms in total. The first-order valence-corrected chi connectivity index (χ1v) is 8.85. The minimum atomic E-state index is -0.545. The number of hydrogen-bond acceptors (Lipinski definition) is 3. The second kappa shape index (κ2) is 6.93. The number of piperidine rings is 1. The third kappa shape index (κ3) is 3.31. The first kappa shape index (κ1) is 17.0. The molecule has 1 unspecified atom stereocenters. The summed E-state index contributed by atoms with van der Waals surface area (Å²) >= 11 is 0. The van der Waals surface area contributed by atoms with Crippen LogP contribution in [-0.4, -0.2) is 60.4 Å². The van der Waals surface area contributed by atoms with E-state index in [2.05, 4.69) is 5.32 Å². The monoisotopic (exact) mass is 329 g/mol. The molecule has 0 saturated carbocycles. The van der Waals surface area contributed by atoms with E-state index in [1.165, 1.54) is 0 Å². The molecule has 24 heavy (non-hydrogen) atoms. The second-order valence-electron chi connectivity index (χ2n) is 7.30. The van der Waals surface area contributed by atoms with Crippen molar-refractivity contribution in [3.63, 3.8) is 0 Å². The normalized spacial score (nSPS) is 22.6. The molecule has 1 aromatic carbocycles. The first-order valence-electron chi connectivity index (χ1n) is 8.85. The van der Waals surface area contributed by atoms with E-state index in [4.69, 9.17) is 0 Å². The predicted molar refractivity (Wildman–Crippen MR) is 93.7 cm³/mol. The highest BCUT2D eigenvalue weighted by atomic mass is 16.2. The van der Waals surface area contributed by atoms with Crippen LogP contribution in [-0.2, 0) is 15.0 Å². The van der Waals surface area contributed by atoms with Crippen LogP contribution in [0, 0.1) is 0 Å². The van der Waals surface area contributed by atoms with E-state index in [1.807, 2.05) is 54.0 Å². The van der Waals surface area contributed by atoms with Crippen molar-refractivity contribution in [1.29, 1.82) is 0 Å². The standard InChI is InChI=1S/C19H27N3O2/c1-19(2,15-7-4-3-5-8-15)18(24)21-11-6-9-16(14-21)22-12-10-20-13-17(22)23/h3-5,7-8,16,20H,6,9-14H2,1-2H3. The lowest BCUT2D eigenvalue weighted by atomic mass is 9.82. The molecule has 0 aromatic heterocycles. The van der Waals surface area contributed by atoms with E-state index >= 15 is 0 Å². The molecular weight excluding hydrogens is 302 g/mol. The fourth-order valence-corrected chi connectivity index (χ4v) is 3.77. The molecule has 2 fully saturated rings. The van der Waals surface area contributed by atoms with Gasteiger partial charge >= 0.3 is 0 Å². The Morgan fingerprint density at radius 2 is 1.96 bits per heavy atom. The van der Waals surface area contributed by atoms with Gasteiger partial charge in [0.2, 0.25) is 11.8 Å². The van der Waals surface area contributed by atoms with E-state index in [0.717, 1.165) is 38.0 Å². The van der Waals surface area contributed by atoms with Crippen molar-refractivity contribution in [2.75, 3.05) is 32.7 Å². The number of carbonyl (C=O) groups is 2. The van der Waals surface area contributed by atoms with E-state index < -0.39 is 5.41 Å². The lowest BCUT2D eigenvalue weighted by Crippen LogP contribution is -2.58. The molecule has 2 aliphatic rings. The average molecular weight is 329 g/mol. The number of nitrogens with one attached hydrogen (secondary N) is 1. The van der Waals surface area contributed by atoms with Crippen LogP contribution < -0.4 is 5.32 Å². The third-order valence-corrected chi connectivity index (χ3v) is 5.28. The molecule has 2 amide bonds. The van der Waals surface area contributed by atoms with E-state index in [9.17, 15) is 9.59 Å². The lowest BCUT2D eigenvalue weighted by molar-refractivity contribution is -0.143. The topological polar surface area (TPSA) is 52.7 Å². The first-order chi connectivity index (χ1) is 11.5. The van der Waals surface area contributed by atoms with Crippen molar-refractivity contribution >= 4 is 11.8 Å². The Morgan fingerprint density at radius 3 is 2.67 bits per heavy atom. The van der Waals surface area contributed by atoms with Crippen LogP contribution >= 0.6 is 0 Å². The number of rotatable bonds is 3. The summed E-state index contributed by atoms with van der Waals surface area (Å²) in [6, 6.07) is 10.1. The molecule has 0 radical (unpaired) electrons. The molecule has 2 heterocycles. The molecule has 2 saturated heterocycles. The smallest absolute Gasteiger partial charge is 0.236 e. The van der Waals surface area contributed by atoms with Gasteiger partial charge in [0.15, 0.2) is 0 Å². The molecular formula is C19H27N3O2. The van der Waals surface area contributed by atoms with Crippen LogP contribution in [0.2, 0.25) is 0 Å². The SMILES string of the molecule is CC(C)(C(=O)N1CCCC(N2CCNCC2=O)C1)c1ccccc1. The van der Waals surface area contributed by atoms with E-state index in [1.54, 1.807) is 0 Å². The summed E-state index contributed by atoms with van der Waals surface area (Å²) in [5.41, 5.74) is 0.492. The molecule has 3 rings (SSSR count). The maximum Gasteiger partial charge on any atom is 0.236 e. The van der Waals surface area contributed by atoms with Gasteiger partial charge in [-0.15, -0.1) is 0 Å². The lowest BCUT2D eigenvalue weighted by Gasteiger charge is -2.43. The van der Waals surface area contributed by atoms with Crippen molar-refractivity contribution < 1.29 is 9.59 Å². The second-order valence-corrected chi connectivity index (χ2v) is 7.30. The van der Waals surface area contributed by atoms with Gasteiger partial charge in [-0.2, -0.15) is 0 Å². The quantitative estimate of drug-likeness (QED) is 0.912. The highest BCUT2D eigenvalue weighted by Gasteiger charge is 2.37. The Kier molecular flexibility index (Phi) is 4.90. The molecule has 1 N–H and O–H groups in total. The fourth-order valence-electron chi connectivity index (χ4n) is 3.77. The Morgan fingerprint density at radius 1 is 1.21 bits per heavy atom. The summed E-state index contributed by atoms with van der Waals surface area (Å²) in [7, 11) is 0. The Balaban J connectivity index is 1.72. The molecule has 0 spiro atoms. The Bertz CT molecular complexity index is 600. The van der Waals surface area contributed by atoms with Gasteiger partial charge in [0.1, 0.15) is 0 Å². The predicted octanol–water partition coefficient (Wildman–Crippen LogP) is 1.39. The van der Waals surface area contributed by atoms with Crippen LogP contribution in [0.15, 0.2) is 30.3 Å². The zero-order chi connectivity index (χ0) is 17.2. The average Bonchev–Trinajstić information content (AvgIpc) is 2.62. The van der Waals surface area contributed by atoms with Crippen molar-refractivity contribution in [3.8, 4) is 0 Å². The van der Waals surface area contributed by atoms with Crippen molar-refractivity contribution in [2.24, 2.45) is 0 Å². The number of nitrogens with zero attached hydrogens (tertiary/aromatic N) is 2. The van der Waals surface area contributed by atoms with Gasteiger partial charge < -0.3 is 15.1 Å². The molecule has 1 atom stereocenters. The number of benzene rings is 1. The minimum absolute atomic E-state index is 0.154.